The minimum atomic E-state index is -1.99. The highest BCUT2D eigenvalue weighted by atomic mass is 28.4. The van der Waals surface area contributed by atoms with Crippen LogP contribution in [0.3, 0.4) is 0 Å². The summed E-state index contributed by atoms with van der Waals surface area (Å²) in [6, 6.07) is 19.3. The summed E-state index contributed by atoms with van der Waals surface area (Å²) >= 11 is 0. The number of hydrogen-bond acceptors (Lipinski definition) is 3. The molecule has 3 aromatic carbocycles. The summed E-state index contributed by atoms with van der Waals surface area (Å²) in [5, 5.41) is 2.65. The molecule has 1 aliphatic rings. The lowest BCUT2D eigenvalue weighted by Crippen LogP contribution is -2.41. The predicted octanol–water partition coefficient (Wildman–Crippen LogP) is 9.93. The summed E-state index contributed by atoms with van der Waals surface area (Å²) in [6.07, 6.45) is 4.64. The van der Waals surface area contributed by atoms with E-state index < -0.39 is 8.32 Å². The summed E-state index contributed by atoms with van der Waals surface area (Å²) in [5.41, 5.74) is 7.06. The maximum absolute atomic E-state index is 12.5. The van der Waals surface area contributed by atoms with E-state index in [9.17, 15) is 4.79 Å². The molecule has 214 valence electrons. The number of ether oxygens (including phenoxy) is 1. The Balaban J connectivity index is 1.80. The van der Waals surface area contributed by atoms with Crippen LogP contribution in [0.5, 0.6) is 0 Å². The van der Waals surface area contributed by atoms with Crippen LogP contribution >= 0.6 is 0 Å². The minimum absolute atomic E-state index is 0.105. The second-order valence-corrected chi connectivity index (χ2v) is 19.1. The average molecular weight is 557 g/mol. The number of fused-ring (bicyclic) bond motifs is 2. The monoisotopic (exact) mass is 556 g/mol. The van der Waals surface area contributed by atoms with Crippen LogP contribution in [-0.2, 0) is 20.0 Å². The van der Waals surface area contributed by atoms with Crippen molar-refractivity contribution >= 4 is 36.7 Å². The van der Waals surface area contributed by atoms with Crippen LogP contribution in [0.25, 0.3) is 22.4 Å². The Morgan fingerprint density at radius 1 is 0.875 bits per heavy atom. The summed E-state index contributed by atoms with van der Waals surface area (Å²) < 4.78 is 12.0. The van der Waals surface area contributed by atoms with Gasteiger partial charge in [-0.3, -0.25) is 0 Å². The van der Waals surface area contributed by atoms with Crippen LogP contribution < -0.4 is 0 Å². The van der Waals surface area contributed by atoms with Crippen molar-refractivity contribution in [3.63, 3.8) is 0 Å². The molecule has 4 heteroatoms. The molecule has 3 nitrogen and oxygen atoms in total. The number of carbonyl (C=O) groups is 1. The van der Waals surface area contributed by atoms with E-state index in [0.717, 1.165) is 16.7 Å². The van der Waals surface area contributed by atoms with Gasteiger partial charge in [-0.25, -0.2) is 4.79 Å². The van der Waals surface area contributed by atoms with E-state index in [2.05, 4.69) is 104 Å². The van der Waals surface area contributed by atoms with Crippen molar-refractivity contribution < 1.29 is 14.0 Å². The molecule has 0 amide bonds. The van der Waals surface area contributed by atoms with Crippen molar-refractivity contribution in [1.29, 1.82) is 0 Å². The third-order valence-corrected chi connectivity index (χ3v) is 13.8. The Bertz CT molecular complexity index is 1440. The number of hydrogen-bond donors (Lipinski definition) is 0. The van der Waals surface area contributed by atoms with Gasteiger partial charge in [-0.1, -0.05) is 84.9 Å². The molecule has 0 radical (unpaired) electrons. The molecule has 4 rings (SSSR count). The van der Waals surface area contributed by atoms with E-state index in [-0.39, 0.29) is 21.8 Å². The van der Waals surface area contributed by atoms with Gasteiger partial charge in [0.15, 0.2) is 8.32 Å². The molecule has 0 unspecified atom stereocenters. The summed E-state index contributed by atoms with van der Waals surface area (Å²) in [7, 11) is -1.99. The highest BCUT2D eigenvalue weighted by Gasteiger charge is 2.38. The largest absolute Gasteiger partial charge is 0.462 e. The van der Waals surface area contributed by atoms with Gasteiger partial charge in [0.05, 0.1) is 18.8 Å². The van der Waals surface area contributed by atoms with Crippen molar-refractivity contribution in [1.82, 2.24) is 0 Å². The SMILES string of the molecule is CCOC(=O)c1cccc(C(=Cc2ccc3cc4c(cc3c2)C(C)(C)CCC4(C)C)CO[Si](C)(C)C(C)(C)C)c1. The van der Waals surface area contributed by atoms with E-state index in [1.165, 1.54) is 34.7 Å². The van der Waals surface area contributed by atoms with Gasteiger partial charge in [0.2, 0.25) is 0 Å². The number of esters is 1. The molecular formula is C36H48O3Si. The topological polar surface area (TPSA) is 35.5 Å². The molecule has 0 saturated heterocycles. The summed E-state index contributed by atoms with van der Waals surface area (Å²) in [5.74, 6) is -0.296. The molecule has 0 saturated carbocycles. The number of rotatable bonds is 7. The van der Waals surface area contributed by atoms with Crippen LogP contribution in [0.1, 0.15) is 101 Å². The normalized spacial score (nSPS) is 17.0. The lowest BCUT2D eigenvalue weighted by Gasteiger charge is -2.42. The first kappa shape index (κ1) is 30.3. The number of benzene rings is 3. The van der Waals surface area contributed by atoms with Gasteiger partial charge in [-0.2, -0.15) is 0 Å². The van der Waals surface area contributed by atoms with E-state index >= 15 is 0 Å². The van der Waals surface area contributed by atoms with Gasteiger partial charge in [-0.15, -0.1) is 0 Å². The van der Waals surface area contributed by atoms with Crippen LogP contribution in [0.4, 0.5) is 0 Å². The Hall–Kier alpha value is -2.69. The first-order valence-electron chi connectivity index (χ1n) is 14.7. The molecule has 0 aliphatic heterocycles. The molecule has 0 aromatic heterocycles. The molecule has 40 heavy (non-hydrogen) atoms. The smallest absolute Gasteiger partial charge is 0.338 e. The third kappa shape index (κ3) is 6.29. The van der Waals surface area contributed by atoms with Crippen LogP contribution in [0.15, 0.2) is 54.6 Å². The lowest BCUT2D eigenvalue weighted by atomic mass is 9.63. The standard InChI is InChI=1S/C36H48O3Si/c1-11-38-33(37)28-14-12-13-26(21-28)30(24-39-40(9,10)34(2,3)4)20-25-15-16-27-22-31-32(23-29(27)19-25)36(7,8)18-17-35(31,5)6/h12-16,19-23H,11,17-18,24H2,1-10H3. The second-order valence-electron chi connectivity index (χ2n) is 14.3. The Labute approximate surface area is 243 Å². The van der Waals surface area contributed by atoms with Crippen molar-refractivity contribution in [2.45, 2.75) is 97.2 Å². The van der Waals surface area contributed by atoms with Crippen LogP contribution in [-0.4, -0.2) is 27.5 Å². The lowest BCUT2D eigenvalue weighted by molar-refractivity contribution is 0.0526. The summed E-state index contributed by atoms with van der Waals surface area (Å²) in [6.45, 7) is 23.5. The fraction of sp³-hybridized carbons (Fsp3) is 0.472. The molecule has 0 spiro atoms. The van der Waals surface area contributed by atoms with E-state index in [1.807, 2.05) is 25.1 Å². The molecule has 3 aromatic rings. The highest BCUT2D eigenvalue weighted by molar-refractivity contribution is 6.74. The zero-order valence-electron chi connectivity index (χ0n) is 26.3. The first-order valence-corrected chi connectivity index (χ1v) is 17.7. The van der Waals surface area contributed by atoms with E-state index in [4.69, 9.17) is 9.16 Å². The minimum Gasteiger partial charge on any atom is -0.462 e. The molecule has 0 N–H and O–H groups in total. The molecule has 0 atom stereocenters. The van der Waals surface area contributed by atoms with Gasteiger partial charge in [0.1, 0.15) is 0 Å². The number of carbonyl (C=O) groups excluding carboxylic acids is 1. The van der Waals surface area contributed by atoms with Crippen molar-refractivity contribution in [3.05, 3.63) is 82.4 Å². The van der Waals surface area contributed by atoms with Crippen LogP contribution in [0, 0.1) is 0 Å². The quantitative estimate of drug-likeness (QED) is 0.165. The Morgan fingerprint density at radius 2 is 1.48 bits per heavy atom. The van der Waals surface area contributed by atoms with Crippen LogP contribution in [0.2, 0.25) is 18.1 Å². The molecular weight excluding hydrogens is 508 g/mol. The molecule has 1 aliphatic carbocycles. The second kappa shape index (κ2) is 10.9. The Morgan fingerprint density at radius 3 is 2.08 bits per heavy atom. The average Bonchev–Trinajstić information content (AvgIpc) is 2.88. The highest BCUT2D eigenvalue weighted by Crippen LogP contribution is 2.47. The molecule has 0 bridgehead atoms. The maximum Gasteiger partial charge on any atom is 0.338 e. The van der Waals surface area contributed by atoms with Crippen molar-refractivity contribution in [2.24, 2.45) is 0 Å². The fourth-order valence-corrected chi connectivity index (χ4v) is 6.31. The van der Waals surface area contributed by atoms with Gasteiger partial charge >= 0.3 is 5.97 Å². The van der Waals surface area contributed by atoms with Gasteiger partial charge in [-0.05, 0) is 112 Å². The molecule has 0 fully saturated rings. The third-order valence-electron chi connectivity index (χ3n) is 9.31. The fourth-order valence-electron chi connectivity index (χ4n) is 5.36. The maximum atomic E-state index is 12.5. The molecule has 0 heterocycles. The van der Waals surface area contributed by atoms with Crippen molar-refractivity contribution in [2.75, 3.05) is 13.2 Å². The van der Waals surface area contributed by atoms with Gasteiger partial charge < -0.3 is 9.16 Å². The van der Waals surface area contributed by atoms with Gasteiger partial charge in [0.25, 0.3) is 0 Å². The van der Waals surface area contributed by atoms with E-state index in [1.54, 1.807) is 0 Å². The summed E-state index contributed by atoms with van der Waals surface area (Å²) in [4.78, 5) is 12.5. The predicted molar refractivity (Wildman–Crippen MR) is 173 cm³/mol. The van der Waals surface area contributed by atoms with E-state index in [0.29, 0.717) is 18.8 Å². The van der Waals surface area contributed by atoms with Gasteiger partial charge in [0, 0.05) is 0 Å². The zero-order chi connectivity index (χ0) is 29.5. The first-order chi connectivity index (χ1) is 18.5. The van der Waals surface area contributed by atoms with Crippen molar-refractivity contribution in [3.8, 4) is 0 Å². The zero-order valence-corrected chi connectivity index (χ0v) is 27.3. The Kier molecular flexibility index (Phi) is 8.28.